The molecule has 0 aliphatic heterocycles. The molecule has 100 valence electrons. The summed E-state index contributed by atoms with van der Waals surface area (Å²) >= 11 is 6.22. The summed E-state index contributed by atoms with van der Waals surface area (Å²) < 4.78 is 0. The zero-order chi connectivity index (χ0) is 14.1. The van der Waals surface area contributed by atoms with Gasteiger partial charge in [-0.2, -0.15) is 5.10 Å². The molecule has 0 fully saturated rings. The van der Waals surface area contributed by atoms with Gasteiger partial charge in [0, 0.05) is 22.4 Å². The van der Waals surface area contributed by atoms with Crippen LogP contribution in [0.2, 0.25) is 5.02 Å². The predicted octanol–water partition coefficient (Wildman–Crippen LogP) is 4.48. The van der Waals surface area contributed by atoms with Crippen molar-refractivity contribution in [3.63, 3.8) is 0 Å². The van der Waals surface area contributed by atoms with Gasteiger partial charge in [-0.1, -0.05) is 42.8 Å². The van der Waals surface area contributed by atoms with Gasteiger partial charge in [0.2, 0.25) is 0 Å². The number of rotatable bonds is 3. The number of carbonyl (C=O) groups is 1. The van der Waals surface area contributed by atoms with Crippen LogP contribution >= 0.6 is 11.6 Å². The molecule has 1 aromatic heterocycles. The summed E-state index contributed by atoms with van der Waals surface area (Å²) in [6.45, 7) is 1.83. The molecule has 0 radical (unpaired) electrons. The standard InChI is InChI=1S/C16H13ClN2O/c1-2-15(20)16-12-9-10(7-8-14(12)18-19-16)11-5-3-4-6-13(11)17/h3-9H,2H2,1H3,(H,18,19). The van der Waals surface area contributed by atoms with Gasteiger partial charge < -0.3 is 0 Å². The molecular formula is C16H13ClN2O. The van der Waals surface area contributed by atoms with Gasteiger partial charge in [0.1, 0.15) is 5.69 Å². The van der Waals surface area contributed by atoms with Crippen LogP contribution in [0.1, 0.15) is 23.8 Å². The summed E-state index contributed by atoms with van der Waals surface area (Å²) in [5, 5.41) is 8.54. The Kier molecular flexibility index (Phi) is 3.28. The van der Waals surface area contributed by atoms with Crippen LogP contribution < -0.4 is 0 Å². The molecule has 0 amide bonds. The topological polar surface area (TPSA) is 45.8 Å². The Balaban J connectivity index is 2.19. The number of hydrogen-bond donors (Lipinski definition) is 1. The molecule has 0 saturated heterocycles. The van der Waals surface area contributed by atoms with E-state index in [2.05, 4.69) is 10.2 Å². The number of aromatic amines is 1. The summed E-state index contributed by atoms with van der Waals surface area (Å²) in [5.41, 5.74) is 3.29. The van der Waals surface area contributed by atoms with Gasteiger partial charge in [0.05, 0.1) is 5.52 Å². The predicted molar refractivity (Wildman–Crippen MR) is 81.2 cm³/mol. The average molecular weight is 285 g/mol. The van der Waals surface area contributed by atoms with Gasteiger partial charge in [-0.05, 0) is 23.8 Å². The highest BCUT2D eigenvalue weighted by Crippen LogP contribution is 2.30. The third kappa shape index (κ3) is 2.10. The highest BCUT2D eigenvalue weighted by molar-refractivity contribution is 6.33. The number of aromatic nitrogens is 2. The summed E-state index contributed by atoms with van der Waals surface area (Å²) in [7, 11) is 0. The smallest absolute Gasteiger partial charge is 0.183 e. The van der Waals surface area contributed by atoms with Gasteiger partial charge in [0.15, 0.2) is 5.78 Å². The van der Waals surface area contributed by atoms with Crippen LogP contribution in [-0.2, 0) is 0 Å². The molecule has 0 atom stereocenters. The van der Waals surface area contributed by atoms with Crippen molar-refractivity contribution in [1.82, 2.24) is 10.2 Å². The maximum Gasteiger partial charge on any atom is 0.183 e. The molecule has 4 heteroatoms. The Morgan fingerprint density at radius 2 is 2.05 bits per heavy atom. The fourth-order valence-corrected chi connectivity index (χ4v) is 2.50. The van der Waals surface area contributed by atoms with Crippen molar-refractivity contribution in [3.8, 4) is 11.1 Å². The number of fused-ring (bicyclic) bond motifs is 1. The number of halogens is 1. The lowest BCUT2D eigenvalue weighted by Gasteiger charge is -2.04. The second kappa shape index (κ2) is 5.10. The number of Topliss-reactive ketones (excluding diaryl/α,β-unsaturated/α-hetero) is 1. The molecular weight excluding hydrogens is 272 g/mol. The van der Waals surface area contributed by atoms with E-state index in [4.69, 9.17) is 11.6 Å². The lowest BCUT2D eigenvalue weighted by Crippen LogP contribution is -1.97. The zero-order valence-electron chi connectivity index (χ0n) is 11.0. The van der Waals surface area contributed by atoms with E-state index in [1.54, 1.807) is 0 Å². The number of nitrogens with zero attached hydrogens (tertiary/aromatic N) is 1. The van der Waals surface area contributed by atoms with Crippen molar-refractivity contribution < 1.29 is 4.79 Å². The molecule has 0 aliphatic rings. The maximum absolute atomic E-state index is 11.9. The van der Waals surface area contributed by atoms with E-state index >= 15 is 0 Å². The molecule has 0 spiro atoms. The first-order chi connectivity index (χ1) is 9.70. The fraction of sp³-hybridized carbons (Fsp3) is 0.125. The lowest BCUT2D eigenvalue weighted by molar-refractivity contribution is 0.0985. The number of ketones is 1. The molecule has 0 unspecified atom stereocenters. The fourth-order valence-electron chi connectivity index (χ4n) is 2.26. The Bertz CT molecular complexity index is 792. The second-order valence-electron chi connectivity index (χ2n) is 4.59. The van der Waals surface area contributed by atoms with E-state index in [1.807, 2.05) is 49.4 Å². The van der Waals surface area contributed by atoms with Gasteiger partial charge in [-0.25, -0.2) is 0 Å². The van der Waals surface area contributed by atoms with Crippen molar-refractivity contribution in [1.29, 1.82) is 0 Å². The number of hydrogen-bond acceptors (Lipinski definition) is 2. The first-order valence-corrected chi connectivity index (χ1v) is 6.84. The first-order valence-electron chi connectivity index (χ1n) is 6.47. The van der Waals surface area contributed by atoms with Crippen LogP contribution in [0.4, 0.5) is 0 Å². The third-order valence-corrected chi connectivity index (χ3v) is 3.66. The Hall–Kier alpha value is -2.13. The molecule has 3 nitrogen and oxygen atoms in total. The lowest BCUT2D eigenvalue weighted by atomic mass is 10.0. The number of H-pyrrole nitrogens is 1. The van der Waals surface area contributed by atoms with Crippen LogP contribution in [0.3, 0.4) is 0 Å². The molecule has 20 heavy (non-hydrogen) atoms. The van der Waals surface area contributed by atoms with Crippen LogP contribution in [-0.4, -0.2) is 16.0 Å². The molecule has 3 rings (SSSR count). The van der Waals surface area contributed by atoms with Crippen molar-refractivity contribution in [2.45, 2.75) is 13.3 Å². The van der Waals surface area contributed by atoms with E-state index in [0.717, 1.165) is 22.0 Å². The van der Waals surface area contributed by atoms with E-state index in [9.17, 15) is 4.79 Å². The minimum absolute atomic E-state index is 0.0348. The Morgan fingerprint density at radius 3 is 2.80 bits per heavy atom. The van der Waals surface area contributed by atoms with Crippen molar-refractivity contribution in [2.24, 2.45) is 0 Å². The summed E-state index contributed by atoms with van der Waals surface area (Å²) in [6, 6.07) is 13.5. The summed E-state index contributed by atoms with van der Waals surface area (Å²) in [4.78, 5) is 11.9. The summed E-state index contributed by atoms with van der Waals surface area (Å²) in [5.74, 6) is 0.0348. The second-order valence-corrected chi connectivity index (χ2v) is 5.00. The van der Waals surface area contributed by atoms with Crippen molar-refractivity contribution in [2.75, 3.05) is 0 Å². The van der Waals surface area contributed by atoms with Gasteiger partial charge >= 0.3 is 0 Å². The van der Waals surface area contributed by atoms with Gasteiger partial charge in [0.25, 0.3) is 0 Å². The Labute approximate surface area is 121 Å². The molecule has 1 N–H and O–H groups in total. The normalized spacial score (nSPS) is 10.9. The average Bonchev–Trinajstić information content (AvgIpc) is 2.90. The number of carbonyl (C=O) groups excluding carboxylic acids is 1. The minimum Gasteiger partial charge on any atom is -0.292 e. The quantitative estimate of drug-likeness (QED) is 0.721. The highest BCUT2D eigenvalue weighted by Gasteiger charge is 2.13. The number of nitrogens with one attached hydrogen (secondary N) is 1. The monoisotopic (exact) mass is 284 g/mol. The van der Waals surface area contributed by atoms with Crippen molar-refractivity contribution in [3.05, 3.63) is 53.2 Å². The highest BCUT2D eigenvalue weighted by atomic mass is 35.5. The van der Waals surface area contributed by atoms with E-state index in [-0.39, 0.29) is 5.78 Å². The third-order valence-electron chi connectivity index (χ3n) is 3.33. The molecule has 0 bridgehead atoms. The molecule has 0 aliphatic carbocycles. The zero-order valence-corrected chi connectivity index (χ0v) is 11.7. The molecule has 1 heterocycles. The molecule has 0 saturated carbocycles. The van der Waals surface area contributed by atoms with E-state index in [0.29, 0.717) is 17.1 Å². The molecule has 3 aromatic rings. The Morgan fingerprint density at radius 1 is 1.25 bits per heavy atom. The minimum atomic E-state index is 0.0348. The largest absolute Gasteiger partial charge is 0.292 e. The molecule has 2 aromatic carbocycles. The number of benzene rings is 2. The van der Waals surface area contributed by atoms with Crippen molar-refractivity contribution >= 4 is 28.3 Å². The van der Waals surface area contributed by atoms with E-state index < -0.39 is 0 Å². The van der Waals surface area contributed by atoms with Crippen LogP contribution in [0.25, 0.3) is 22.0 Å². The first kappa shape index (κ1) is 12.9. The maximum atomic E-state index is 11.9. The van der Waals surface area contributed by atoms with E-state index in [1.165, 1.54) is 0 Å². The van der Waals surface area contributed by atoms with Gasteiger partial charge in [-0.15, -0.1) is 0 Å². The van der Waals surface area contributed by atoms with Crippen LogP contribution in [0.15, 0.2) is 42.5 Å². The SMILES string of the molecule is CCC(=O)c1n[nH]c2ccc(-c3ccccc3Cl)cc12. The summed E-state index contributed by atoms with van der Waals surface area (Å²) in [6.07, 6.45) is 0.441. The van der Waals surface area contributed by atoms with Crippen LogP contribution in [0.5, 0.6) is 0 Å². The van der Waals surface area contributed by atoms with Gasteiger partial charge in [-0.3, -0.25) is 9.89 Å². The van der Waals surface area contributed by atoms with Crippen LogP contribution in [0, 0.1) is 0 Å².